The molecule has 0 saturated heterocycles. The summed E-state index contributed by atoms with van der Waals surface area (Å²) in [6, 6.07) is 3.78. The molecule has 0 spiro atoms. The van der Waals surface area contributed by atoms with Gasteiger partial charge < -0.3 is 10.0 Å². The highest BCUT2D eigenvalue weighted by molar-refractivity contribution is 9.10. The molecule has 3 nitrogen and oxygen atoms in total. The van der Waals surface area contributed by atoms with E-state index in [1.807, 2.05) is 17.0 Å². The van der Waals surface area contributed by atoms with Crippen LogP contribution >= 0.6 is 28.6 Å². The fourth-order valence-electron chi connectivity index (χ4n) is 2.55. The van der Waals surface area contributed by atoms with Crippen LogP contribution in [0.4, 0.5) is 0 Å². The van der Waals surface area contributed by atoms with Crippen LogP contribution < -0.4 is 0 Å². The number of fused-ring (bicyclic) bond motifs is 1. The molecule has 2 rings (SSSR count). The summed E-state index contributed by atoms with van der Waals surface area (Å²) in [5, 5.41) is 9.81. The van der Waals surface area contributed by atoms with Gasteiger partial charge in [0.05, 0.1) is 4.47 Å². The number of rotatable bonds is 2. The zero-order valence-electron chi connectivity index (χ0n) is 10.9. The molecule has 0 aromatic heterocycles. The number of benzene rings is 1. The number of hydrogen-bond donors (Lipinski definition) is 2. The first-order valence-electron chi connectivity index (χ1n) is 6.43. The van der Waals surface area contributed by atoms with Crippen LogP contribution in [-0.2, 0) is 11.2 Å². The molecule has 1 aliphatic heterocycles. The number of phenols is 1. The molecular weight excluding hydrogens is 326 g/mol. The average Bonchev–Trinajstić information content (AvgIpc) is 2.51. The molecule has 104 valence electrons. The lowest BCUT2D eigenvalue weighted by Crippen LogP contribution is -2.34. The van der Waals surface area contributed by atoms with Gasteiger partial charge in [-0.3, -0.25) is 4.79 Å². The number of hydrogen-bond acceptors (Lipinski definition) is 3. The normalized spacial score (nSPS) is 18.9. The van der Waals surface area contributed by atoms with Gasteiger partial charge in [0.15, 0.2) is 0 Å². The zero-order valence-corrected chi connectivity index (χ0v) is 13.4. The second-order valence-electron chi connectivity index (χ2n) is 4.97. The Morgan fingerprint density at radius 1 is 1.58 bits per heavy atom. The first-order valence-corrected chi connectivity index (χ1v) is 7.85. The summed E-state index contributed by atoms with van der Waals surface area (Å²) in [4.78, 5) is 13.9. The molecule has 5 heteroatoms. The molecule has 0 radical (unpaired) electrons. The minimum absolute atomic E-state index is 0.165. The van der Waals surface area contributed by atoms with E-state index in [0.29, 0.717) is 23.2 Å². The Morgan fingerprint density at radius 2 is 2.32 bits per heavy atom. The van der Waals surface area contributed by atoms with Crippen molar-refractivity contribution in [3.05, 3.63) is 27.7 Å². The Labute approximate surface area is 127 Å². The topological polar surface area (TPSA) is 40.5 Å². The Morgan fingerprint density at radius 3 is 3.00 bits per heavy atom. The van der Waals surface area contributed by atoms with Gasteiger partial charge in [-0.2, -0.15) is 12.6 Å². The Kier molecular flexibility index (Phi) is 4.79. The van der Waals surface area contributed by atoms with Gasteiger partial charge in [0.25, 0.3) is 0 Å². The van der Waals surface area contributed by atoms with E-state index in [1.54, 1.807) is 0 Å². The molecular formula is C14H18BrNO2S. The molecule has 1 N–H and O–H groups in total. The lowest BCUT2D eigenvalue weighted by molar-refractivity contribution is -0.130. The molecule has 1 atom stereocenters. The molecule has 0 aliphatic carbocycles. The third-order valence-electron chi connectivity index (χ3n) is 3.56. The number of carbonyl (C=O) groups excluding carboxylic acids is 1. The quantitative estimate of drug-likeness (QED) is 0.810. The monoisotopic (exact) mass is 343 g/mol. The summed E-state index contributed by atoms with van der Waals surface area (Å²) < 4.78 is 0.716. The van der Waals surface area contributed by atoms with E-state index in [-0.39, 0.29) is 17.6 Å². The molecule has 1 amide bonds. The first-order chi connectivity index (χ1) is 9.02. The van der Waals surface area contributed by atoms with Crippen molar-refractivity contribution >= 4 is 34.5 Å². The molecule has 1 unspecified atom stereocenters. The molecule has 0 fully saturated rings. The van der Waals surface area contributed by atoms with E-state index in [0.717, 1.165) is 18.5 Å². The fourth-order valence-corrected chi connectivity index (χ4v) is 3.13. The van der Waals surface area contributed by atoms with Crippen LogP contribution in [-0.4, -0.2) is 34.8 Å². The minimum atomic E-state index is 0.165. The maximum atomic E-state index is 12.0. The molecule has 19 heavy (non-hydrogen) atoms. The van der Waals surface area contributed by atoms with E-state index >= 15 is 0 Å². The van der Waals surface area contributed by atoms with E-state index in [2.05, 4.69) is 35.5 Å². The number of aromatic hydroxyl groups is 1. The van der Waals surface area contributed by atoms with Crippen molar-refractivity contribution in [2.24, 2.45) is 0 Å². The van der Waals surface area contributed by atoms with Crippen LogP contribution in [0.25, 0.3) is 0 Å². The second-order valence-corrected chi connectivity index (χ2v) is 6.27. The number of thiol groups is 1. The van der Waals surface area contributed by atoms with Crippen LogP contribution in [0.3, 0.4) is 0 Å². The van der Waals surface area contributed by atoms with Crippen LogP contribution in [0.1, 0.15) is 30.4 Å². The van der Waals surface area contributed by atoms with Gasteiger partial charge in [0.2, 0.25) is 5.91 Å². The van der Waals surface area contributed by atoms with Gasteiger partial charge >= 0.3 is 0 Å². The predicted octanol–water partition coefficient (Wildman–Crippen LogP) is 2.96. The maximum Gasteiger partial charge on any atom is 0.223 e. The molecule has 1 aromatic carbocycles. The highest BCUT2D eigenvalue weighted by atomic mass is 79.9. The summed E-state index contributed by atoms with van der Waals surface area (Å²) >= 11 is 7.47. The minimum Gasteiger partial charge on any atom is -0.507 e. The number of carbonyl (C=O) groups is 1. The van der Waals surface area contributed by atoms with E-state index < -0.39 is 0 Å². The molecule has 0 bridgehead atoms. The fraction of sp³-hybridized carbons (Fsp3) is 0.500. The number of phenolic OH excluding ortho intramolecular Hbond substituents is 1. The van der Waals surface area contributed by atoms with Crippen molar-refractivity contribution < 1.29 is 9.90 Å². The number of nitrogens with zero attached hydrogens (tertiary/aromatic N) is 1. The van der Waals surface area contributed by atoms with Crippen LogP contribution in [0.15, 0.2) is 16.6 Å². The zero-order chi connectivity index (χ0) is 14.0. The predicted molar refractivity (Wildman–Crippen MR) is 83.0 cm³/mol. The smallest absolute Gasteiger partial charge is 0.223 e. The van der Waals surface area contributed by atoms with Crippen molar-refractivity contribution in [1.82, 2.24) is 4.90 Å². The van der Waals surface area contributed by atoms with Crippen molar-refractivity contribution in [2.45, 2.75) is 25.7 Å². The van der Waals surface area contributed by atoms with Gasteiger partial charge in [0.1, 0.15) is 5.75 Å². The summed E-state index contributed by atoms with van der Waals surface area (Å²) in [6.45, 7) is 3.54. The third-order valence-corrected chi connectivity index (χ3v) is 4.42. The van der Waals surface area contributed by atoms with Crippen LogP contribution in [0, 0.1) is 0 Å². The van der Waals surface area contributed by atoms with E-state index in [1.165, 1.54) is 5.56 Å². The summed E-state index contributed by atoms with van der Waals surface area (Å²) in [5.41, 5.74) is 2.35. The van der Waals surface area contributed by atoms with E-state index in [9.17, 15) is 9.90 Å². The standard InChI is InChI=1S/C14H18BrNO2S/c1-9-8-16(14(18)3-5-19)4-2-10-6-12(15)13(17)7-11(9)10/h6-7,9,17,19H,2-5,8H2,1H3. The van der Waals surface area contributed by atoms with E-state index in [4.69, 9.17) is 0 Å². The van der Waals surface area contributed by atoms with Crippen LogP contribution in [0.5, 0.6) is 5.75 Å². The molecule has 1 aliphatic rings. The lowest BCUT2D eigenvalue weighted by Gasteiger charge is -2.22. The SMILES string of the molecule is CC1CN(C(=O)CCS)CCc2cc(Br)c(O)cc21. The summed E-state index contributed by atoms with van der Waals surface area (Å²) in [5.74, 6) is 1.25. The number of amides is 1. The molecule has 1 heterocycles. The third kappa shape index (κ3) is 3.26. The summed E-state index contributed by atoms with van der Waals surface area (Å²) in [7, 11) is 0. The molecule has 1 aromatic rings. The van der Waals surface area contributed by atoms with Crippen LogP contribution in [0.2, 0.25) is 0 Å². The van der Waals surface area contributed by atoms with Crippen molar-refractivity contribution in [3.8, 4) is 5.75 Å². The average molecular weight is 344 g/mol. The van der Waals surface area contributed by atoms with Gasteiger partial charge in [-0.25, -0.2) is 0 Å². The Bertz CT molecular complexity index is 493. The Hall–Kier alpha value is -0.680. The van der Waals surface area contributed by atoms with Crippen molar-refractivity contribution in [3.63, 3.8) is 0 Å². The maximum absolute atomic E-state index is 12.0. The second kappa shape index (κ2) is 6.18. The highest BCUT2D eigenvalue weighted by Gasteiger charge is 2.23. The summed E-state index contributed by atoms with van der Waals surface area (Å²) in [6.07, 6.45) is 1.32. The molecule has 0 saturated carbocycles. The number of halogens is 1. The van der Waals surface area contributed by atoms with Gasteiger partial charge in [-0.1, -0.05) is 6.92 Å². The van der Waals surface area contributed by atoms with Gasteiger partial charge in [-0.15, -0.1) is 0 Å². The van der Waals surface area contributed by atoms with Gasteiger partial charge in [-0.05, 0) is 57.3 Å². The lowest BCUT2D eigenvalue weighted by atomic mass is 9.95. The highest BCUT2D eigenvalue weighted by Crippen LogP contribution is 2.33. The Balaban J connectivity index is 2.24. The first kappa shape index (κ1) is 14.7. The van der Waals surface area contributed by atoms with Crippen molar-refractivity contribution in [1.29, 1.82) is 0 Å². The van der Waals surface area contributed by atoms with Gasteiger partial charge in [0, 0.05) is 19.5 Å². The largest absolute Gasteiger partial charge is 0.507 e. The van der Waals surface area contributed by atoms with Crippen molar-refractivity contribution in [2.75, 3.05) is 18.8 Å².